The Morgan fingerprint density at radius 1 is 1.50 bits per heavy atom. The molecule has 1 aromatic rings. The first kappa shape index (κ1) is 14.2. The molecule has 2 N–H and O–H groups in total. The van der Waals surface area contributed by atoms with Gasteiger partial charge in [0.25, 0.3) is 5.91 Å². The predicted octanol–water partition coefficient (Wildman–Crippen LogP) is 0.958. The van der Waals surface area contributed by atoms with Gasteiger partial charge in [-0.15, -0.1) is 0 Å². The van der Waals surface area contributed by atoms with Crippen molar-refractivity contribution in [1.29, 1.82) is 0 Å². The number of rotatable bonds is 5. The third kappa shape index (κ3) is 3.58. The van der Waals surface area contributed by atoms with Gasteiger partial charge in [0.1, 0.15) is 11.7 Å². The van der Waals surface area contributed by atoms with Gasteiger partial charge in [-0.2, -0.15) is 5.10 Å². The smallest absolute Gasteiger partial charge is 0.326 e. The first-order valence-electron chi connectivity index (χ1n) is 5.85. The summed E-state index contributed by atoms with van der Waals surface area (Å²) in [5.74, 6) is -1.28. The third-order valence-electron chi connectivity index (χ3n) is 2.66. The molecule has 0 radical (unpaired) electrons. The highest BCUT2D eigenvalue weighted by atomic mass is 16.4. The standard InChI is InChI=1S/C12H19N3O3/c1-7(2)5-10(12(17)18)13-11(16)9-6-8(3)15(4)14-9/h6-7,10H,5H2,1-4H3,(H,13,16)(H,17,18). The lowest BCUT2D eigenvalue weighted by Gasteiger charge is -2.15. The second kappa shape index (κ2) is 5.66. The summed E-state index contributed by atoms with van der Waals surface area (Å²) in [5, 5.41) is 15.5. The van der Waals surface area contributed by atoms with E-state index in [2.05, 4.69) is 10.4 Å². The van der Waals surface area contributed by atoms with Gasteiger partial charge in [0, 0.05) is 12.7 Å². The quantitative estimate of drug-likeness (QED) is 0.818. The molecule has 0 aliphatic heterocycles. The highest BCUT2D eigenvalue weighted by Gasteiger charge is 2.22. The van der Waals surface area contributed by atoms with Crippen molar-refractivity contribution < 1.29 is 14.7 Å². The molecule has 1 atom stereocenters. The van der Waals surface area contributed by atoms with Crippen molar-refractivity contribution in [2.24, 2.45) is 13.0 Å². The number of aromatic nitrogens is 2. The number of hydrogen-bond donors (Lipinski definition) is 2. The summed E-state index contributed by atoms with van der Waals surface area (Å²) in [6, 6.07) is 0.753. The molecule has 0 saturated carbocycles. The number of aryl methyl sites for hydroxylation is 2. The number of amides is 1. The van der Waals surface area contributed by atoms with E-state index in [-0.39, 0.29) is 11.6 Å². The van der Waals surface area contributed by atoms with Gasteiger partial charge in [-0.3, -0.25) is 9.48 Å². The van der Waals surface area contributed by atoms with Crippen molar-refractivity contribution in [1.82, 2.24) is 15.1 Å². The largest absolute Gasteiger partial charge is 0.480 e. The van der Waals surface area contributed by atoms with E-state index in [1.807, 2.05) is 20.8 Å². The second-order valence-corrected chi connectivity index (χ2v) is 4.79. The Morgan fingerprint density at radius 3 is 2.50 bits per heavy atom. The molecule has 0 bridgehead atoms. The molecule has 1 rings (SSSR count). The lowest BCUT2D eigenvalue weighted by Crippen LogP contribution is -2.41. The van der Waals surface area contributed by atoms with Crippen LogP contribution < -0.4 is 5.32 Å². The van der Waals surface area contributed by atoms with Crippen molar-refractivity contribution >= 4 is 11.9 Å². The van der Waals surface area contributed by atoms with Gasteiger partial charge in [-0.1, -0.05) is 13.8 Å². The van der Waals surface area contributed by atoms with Crippen LogP contribution in [0.5, 0.6) is 0 Å². The van der Waals surface area contributed by atoms with Gasteiger partial charge in [0.2, 0.25) is 0 Å². The Bertz CT molecular complexity index is 432. The van der Waals surface area contributed by atoms with Gasteiger partial charge >= 0.3 is 5.97 Å². The summed E-state index contributed by atoms with van der Waals surface area (Å²) in [4.78, 5) is 22.9. The fourth-order valence-corrected chi connectivity index (χ4v) is 1.60. The normalized spacial score (nSPS) is 12.5. The molecule has 1 aromatic heterocycles. The van der Waals surface area contributed by atoms with Crippen LogP contribution in [0.3, 0.4) is 0 Å². The molecular weight excluding hydrogens is 234 g/mol. The maximum Gasteiger partial charge on any atom is 0.326 e. The van der Waals surface area contributed by atoms with E-state index in [9.17, 15) is 9.59 Å². The van der Waals surface area contributed by atoms with Crippen molar-refractivity contribution in [2.75, 3.05) is 0 Å². The first-order valence-corrected chi connectivity index (χ1v) is 5.85. The number of carboxylic acids is 1. The molecule has 1 amide bonds. The number of carbonyl (C=O) groups excluding carboxylic acids is 1. The minimum atomic E-state index is -1.02. The van der Waals surface area contributed by atoms with E-state index in [1.165, 1.54) is 0 Å². The van der Waals surface area contributed by atoms with Gasteiger partial charge in [-0.25, -0.2) is 4.79 Å². The van der Waals surface area contributed by atoms with E-state index >= 15 is 0 Å². The summed E-state index contributed by atoms with van der Waals surface area (Å²) in [6.07, 6.45) is 0.396. The van der Waals surface area contributed by atoms with E-state index in [1.54, 1.807) is 17.8 Å². The average Bonchev–Trinajstić information content (AvgIpc) is 2.57. The van der Waals surface area contributed by atoms with Crippen LogP contribution in [-0.2, 0) is 11.8 Å². The van der Waals surface area contributed by atoms with E-state index in [4.69, 9.17) is 5.11 Å². The fourth-order valence-electron chi connectivity index (χ4n) is 1.60. The number of nitrogens with zero attached hydrogens (tertiary/aromatic N) is 2. The fraction of sp³-hybridized carbons (Fsp3) is 0.583. The molecule has 0 saturated heterocycles. The Kier molecular flexibility index (Phi) is 4.47. The monoisotopic (exact) mass is 253 g/mol. The minimum absolute atomic E-state index is 0.192. The number of aliphatic carboxylic acids is 1. The maximum absolute atomic E-state index is 11.9. The summed E-state index contributed by atoms with van der Waals surface area (Å²) in [5.41, 5.74) is 1.08. The number of nitrogens with one attached hydrogen (secondary N) is 1. The van der Waals surface area contributed by atoms with Gasteiger partial charge in [0.05, 0.1) is 0 Å². The summed E-state index contributed by atoms with van der Waals surface area (Å²) < 4.78 is 1.58. The average molecular weight is 253 g/mol. The van der Waals surface area contributed by atoms with Gasteiger partial charge in [-0.05, 0) is 25.3 Å². The zero-order chi connectivity index (χ0) is 13.9. The number of carbonyl (C=O) groups is 2. The van der Waals surface area contributed by atoms with Crippen LogP contribution in [-0.4, -0.2) is 32.8 Å². The SMILES string of the molecule is Cc1cc(C(=O)NC(CC(C)C)C(=O)O)nn1C. The topological polar surface area (TPSA) is 84.2 Å². The van der Waals surface area contributed by atoms with Gasteiger partial charge < -0.3 is 10.4 Å². The highest BCUT2D eigenvalue weighted by molar-refractivity contribution is 5.95. The molecule has 0 aliphatic carbocycles. The maximum atomic E-state index is 11.9. The lowest BCUT2D eigenvalue weighted by molar-refractivity contribution is -0.139. The lowest BCUT2D eigenvalue weighted by atomic mass is 10.0. The Morgan fingerprint density at radius 2 is 2.11 bits per heavy atom. The molecule has 0 aromatic carbocycles. The molecular formula is C12H19N3O3. The molecule has 0 aliphatic rings. The molecule has 100 valence electrons. The van der Waals surface area contributed by atoms with Crippen LogP contribution in [0.1, 0.15) is 36.5 Å². The molecule has 0 fully saturated rings. The third-order valence-corrected chi connectivity index (χ3v) is 2.66. The number of hydrogen-bond acceptors (Lipinski definition) is 3. The Labute approximate surface area is 106 Å². The molecule has 18 heavy (non-hydrogen) atoms. The zero-order valence-electron chi connectivity index (χ0n) is 11.1. The minimum Gasteiger partial charge on any atom is -0.480 e. The van der Waals surface area contributed by atoms with Crippen LogP contribution >= 0.6 is 0 Å². The van der Waals surface area contributed by atoms with E-state index in [0.29, 0.717) is 6.42 Å². The first-order chi connectivity index (χ1) is 8.31. The van der Waals surface area contributed by atoms with Crippen LogP contribution in [0.2, 0.25) is 0 Å². The Balaban J connectivity index is 2.75. The zero-order valence-corrected chi connectivity index (χ0v) is 11.1. The van der Waals surface area contributed by atoms with Crippen molar-refractivity contribution in [3.63, 3.8) is 0 Å². The molecule has 6 nitrogen and oxygen atoms in total. The van der Waals surface area contributed by atoms with Crippen molar-refractivity contribution in [3.8, 4) is 0 Å². The predicted molar refractivity (Wildman–Crippen MR) is 66.3 cm³/mol. The summed E-state index contributed by atoms with van der Waals surface area (Å²) >= 11 is 0. The van der Waals surface area contributed by atoms with E-state index < -0.39 is 17.9 Å². The van der Waals surface area contributed by atoms with Crippen molar-refractivity contribution in [3.05, 3.63) is 17.5 Å². The van der Waals surface area contributed by atoms with Crippen LogP contribution in [0.25, 0.3) is 0 Å². The summed E-state index contributed by atoms with van der Waals surface area (Å²) in [7, 11) is 1.73. The Hall–Kier alpha value is -1.85. The number of carboxylic acid groups (broad SMARTS) is 1. The molecule has 6 heteroatoms. The molecule has 1 unspecified atom stereocenters. The highest BCUT2D eigenvalue weighted by Crippen LogP contribution is 2.07. The van der Waals surface area contributed by atoms with E-state index in [0.717, 1.165) is 5.69 Å². The second-order valence-electron chi connectivity index (χ2n) is 4.79. The van der Waals surface area contributed by atoms with Crippen molar-refractivity contribution in [2.45, 2.75) is 33.2 Å². The molecule has 1 heterocycles. The molecule has 0 spiro atoms. The van der Waals surface area contributed by atoms with Gasteiger partial charge in [0.15, 0.2) is 0 Å². The van der Waals surface area contributed by atoms with Crippen LogP contribution in [0.15, 0.2) is 6.07 Å². The summed E-state index contributed by atoms with van der Waals surface area (Å²) in [6.45, 7) is 5.65. The van der Waals surface area contributed by atoms with Crippen LogP contribution in [0, 0.1) is 12.8 Å². The van der Waals surface area contributed by atoms with Crippen LogP contribution in [0.4, 0.5) is 0 Å².